The minimum Gasteiger partial charge on any atom is -0.395 e. The van der Waals surface area contributed by atoms with Crippen LogP contribution < -0.4 is 5.32 Å². The number of rotatable bonds is 4. The number of pyridine rings is 1. The van der Waals surface area contributed by atoms with Gasteiger partial charge in [0.15, 0.2) is 0 Å². The van der Waals surface area contributed by atoms with Crippen LogP contribution in [0.5, 0.6) is 0 Å². The molecule has 0 aromatic carbocycles. The highest BCUT2D eigenvalue weighted by atomic mass is 16.3. The molecule has 1 fully saturated rings. The van der Waals surface area contributed by atoms with Crippen molar-refractivity contribution in [3.63, 3.8) is 0 Å². The van der Waals surface area contributed by atoms with Gasteiger partial charge >= 0.3 is 0 Å². The summed E-state index contributed by atoms with van der Waals surface area (Å²) >= 11 is 0. The van der Waals surface area contributed by atoms with Crippen LogP contribution in [0.2, 0.25) is 0 Å². The number of hydrogen-bond donors (Lipinski definition) is 2. The molecule has 0 aliphatic carbocycles. The van der Waals surface area contributed by atoms with Gasteiger partial charge in [-0.3, -0.25) is 9.69 Å². The van der Waals surface area contributed by atoms with Gasteiger partial charge in [-0.1, -0.05) is 0 Å². The van der Waals surface area contributed by atoms with Crippen molar-refractivity contribution in [2.24, 2.45) is 0 Å². The Hall–Kier alpha value is -1.66. The van der Waals surface area contributed by atoms with Crippen molar-refractivity contribution in [2.75, 3.05) is 51.7 Å². The lowest BCUT2D eigenvalue weighted by molar-refractivity contribution is 0.0754. The summed E-state index contributed by atoms with van der Waals surface area (Å²) < 4.78 is 0. The van der Waals surface area contributed by atoms with Gasteiger partial charge in [0, 0.05) is 33.2 Å². The number of nitrogens with one attached hydrogen (secondary N) is 1. The van der Waals surface area contributed by atoms with E-state index in [4.69, 9.17) is 5.11 Å². The molecule has 2 N–H and O–H groups in total. The van der Waals surface area contributed by atoms with Gasteiger partial charge in [0.25, 0.3) is 5.91 Å². The Morgan fingerprint density at radius 2 is 2.20 bits per heavy atom. The van der Waals surface area contributed by atoms with Gasteiger partial charge in [-0.2, -0.15) is 0 Å². The second-order valence-electron chi connectivity index (χ2n) is 4.89. The molecule has 1 amide bonds. The van der Waals surface area contributed by atoms with E-state index in [1.165, 1.54) is 0 Å². The highest BCUT2D eigenvalue weighted by Gasteiger charge is 2.20. The Balaban J connectivity index is 1.97. The maximum absolute atomic E-state index is 12.4. The van der Waals surface area contributed by atoms with Crippen LogP contribution in [0, 0.1) is 0 Å². The summed E-state index contributed by atoms with van der Waals surface area (Å²) in [4.78, 5) is 20.6. The smallest absolute Gasteiger partial charge is 0.272 e. The van der Waals surface area contributed by atoms with Gasteiger partial charge in [-0.05, 0) is 25.1 Å². The highest BCUT2D eigenvalue weighted by Crippen LogP contribution is 2.10. The van der Waals surface area contributed by atoms with Crippen LogP contribution in [0.15, 0.2) is 18.3 Å². The molecule has 20 heavy (non-hydrogen) atoms. The van der Waals surface area contributed by atoms with E-state index in [0.29, 0.717) is 18.8 Å². The molecule has 0 saturated carbocycles. The van der Waals surface area contributed by atoms with Crippen LogP contribution >= 0.6 is 0 Å². The number of hydrogen-bond acceptors (Lipinski definition) is 5. The number of nitrogens with zero attached hydrogens (tertiary/aromatic N) is 3. The van der Waals surface area contributed by atoms with E-state index < -0.39 is 0 Å². The predicted octanol–water partition coefficient (Wildman–Crippen LogP) is 0.264. The van der Waals surface area contributed by atoms with Crippen LogP contribution in [0.1, 0.15) is 16.9 Å². The largest absolute Gasteiger partial charge is 0.395 e. The number of aromatic nitrogens is 1. The quantitative estimate of drug-likeness (QED) is 0.827. The zero-order chi connectivity index (χ0) is 14.4. The summed E-state index contributed by atoms with van der Waals surface area (Å²) in [6, 6.07) is 3.61. The molecule has 1 aliphatic rings. The molecule has 1 saturated heterocycles. The van der Waals surface area contributed by atoms with Crippen molar-refractivity contribution >= 4 is 11.6 Å². The van der Waals surface area contributed by atoms with Crippen LogP contribution in [0.25, 0.3) is 0 Å². The maximum atomic E-state index is 12.4. The number of amides is 1. The van der Waals surface area contributed by atoms with Gasteiger partial charge in [0.2, 0.25) is 0 Å². The first kappa shape index (κ1) is 14.7. The van der Waals surface area contributed by atoms with Crippen molar-refractivity contribution in [1.29, 1.82) is 0 Å². The summed E-state index contributed by atoms with van der Waals surface area (Å²) in [6.07, 6.45) is 2.60. The molecule has 1 aliphatic heterocycles. The molecule has 0 spiro atoms. The third-order valence-electron chi connectivity index (χ3n) is 3.56. The molecular formula is C14H22N4O2. The van der Waals surface area contributed by atoms with Crippen molar-refractivity contribution in [2.45, 2.75) is 6.42 Å². The van der Waals surface area contributed by atoms with Gasteiger partial charge in [0.05, 0.1) is 18.5 Å². The lowest BCUT2D eigenvalue weighted by Gasteiger charge is -2.21. The molecule has 2 rings (SSSR count). The topological polar surface area (TPSA) is 68.7 Å². The molecule has 110 valence electrons. The van der Waals surface area contributed by atoms with E-state index >= 15 is 0 Å². The third kappa shape index (κ3) is 3.68. The zero-order valence-corrected chi connectivity index (χ0v) is 11.9. The average molecular weight is 278 g/mol. The molecule has 0 atom stereocenters. The summed E-state index contributed by atoms with van der Waals surface area (Å²) in [5, 5.41) is 12.0. The lowest BCUT2D eigenvalue weighted by Crippen LogP contribution is -2.36. The number of β-amino-alcohol motifs (C(OH)–C–C–N with tert-alkyl or cyclic N) is 1. The second kappa shape index (κ2) is 7.21. The van der Waals surface area contributed by atoms with Gasteiger partial charge in [0.1, 0.15) is 5.69 Å². The van der Waals surface area contributed by atoms with Crippen molar-refractivity contribution in [1.82, 2.24) is 14.8 Å². The fraction of sp³-hybridized carbons (Fsp3) is 0.571. The number of carbonyl (C=O) groups excluding carboxylic acids is 1. The third-order valence-corrected chi connectivity index (χ3v) is 3.56. The molecule has 2 heterocycles. The van der Waals surface area contributed by atoms with Crippen LogP contribution in [-0.2, 0) is 0 Å². The molecule has 0 radical (unpaired) electrons. The van der Waals surface area contributed by atoms with Gasteiger partial charge < -0.3 is 15.3 Å². The van der Waals surface area contributed by atoms with Crippen molar-refractivity contribution in [3.05, 3.63) is 24.0 Å². The second-order valence-corrected chi connectivity index (χ2v) is 4.89. The number of carbonyl (C=O) groups is 1. The SMILES string of the molecule is CNc1ccc(C(=O)N2CCCN(CCO)CC2)nc1. The number of aliphatic hydroxyl groups excluding tert-OH is 1. The Kier molecular flexibility index (Phi) is 5.31. The fourth-order valence-electron chi connectivity index (χ4n) is 2.37. The van der Waals surface area contributed by atoms with E-state index in [-0.39, 0.29) is 12.5 Å². The van der Waals surface area contributed by atoms with Crippen LogP contribution in [0.4, 0.5) is 5.69 Å². The van der Waals surface area contributed by atoms with Crippen LogP contribution in [0.3, 0.4) is 0 Å². The number of anilines is 1. The molecule has 1 aromatic heterocycles. The monoisotopic (exact) mass is 278 g/mol. The van der Waals surface area contributed by atoms with Crippen molar-refractivity contribution < 1.29 is 9.90 Å². The Morgan fingerprint density at radius 1 is 1.35 bits per heavy atom. The molecule has 1 aromatic rings. The summed E-state index contributed by atoms with van der Waals surface area (Å²) in [5.74, 6) is -0.0153. The minimum atomic E-state index is -0.0153. The summed E-state index contributed by atoms with van der Waals surface area (Å²) in [7, 11) is 1.82. The lowest BCUT2D eigenvalue weighted by atomic mass is 10.3. The van der Waals surface area contributed by atoms with E-state index in [1.54, 1.807) is 12.3 Å². The Bertz CT molecular complexity index is 435. The van der Waals surface area contributed by atoms with E-state index in [0.717, 1.165) is 31.7 Å². The molecular weight excluding hydrogens is 256 g/mol. The van der Waals surface area contributed by atoms with Crippen LogP contribution in [-0.4, -0.2) is 72.2 Å². The first-order valence-electron chi connectivity index (χ1n) is 7.01. The molecule has 0 bridgehead atoms. The maximum Gasteiger partial charge on any atom is 0.272 e. The molecule has 0 unspecified atom stereocenters. The average Bonchev–Trinajstić information content (AvgIpc) is 2.73. The van der Waals surface area contributed by atoms with E-state index in [2.05, 4.69) is 15.2 Å². The minimum absolute atomic E-state index is 0.0153. The Morgan fingerprint density at radius 3 is 2.85 bits per heavy atom. The van der Waals surface area contributed by atoms with E-state index in [9.17, 15) is 4.79 Å². The van der Waals surface area contributed by atoms with Gasteiger partial charge in [-0.25, -0.2) is 4.98 Å². The number of aliphatic hydroxyl groups is 1. The Labute approximate surface area is 119 Å². The van der Waals surface area contributed by atoms with Crippen molar-refractivity contribution in [3.8, 4) is 0 Å². The first-order valence-corrected chi connectivity index (χ1v) is 7.01. The zero-order valence-electron chi connectivity index (χ0n) is 11.9. The summed E-state index contributed by atoms with van der Waals surface area (Å²) in [5.41, 5.74) is 1.38. The molecule has 6 heteroatoms. The highest BCUT2D eigenvalue weighted by molar-refractivity contribution is 5.92. The normalized spacial score (nSPS) is 16.8. The van der Waals surface area contributed by atoms with E-state index in [1.807, 2.05) is 18.0 Å². The fourth-order valence-corrected chi connectivity index (χ4v) is 2.37. The molecule has 6 nitrogen and oxygen atoms in total. The first-order chi connectivity index (χ1) is 9.74. The summed E-state index contributed by atoms with van der Waals surface area (Å²) in [6.45, 7) is 4.01. The predicted molar refractivity (Wildman–Crippen MR) is 77.8 cm³/mol. The standard InChI is InChI=1S/C14H22N4O2/c1-15-12-3-4-13(16-11-12)14(20)18-6-2-5-17(7-8-18)9-10-19/h3-4,11,15,19H,2,5-10H2,1H3. The van der Waals surface area contributed by atoms with Gasteiger partial charge in [-0.15, -0.1) is 0 Å².